The Morgan fingerprint density at radius 3 is 2.38 bits per heavy atom. The highest BCUT2D eigenvalue weighted by molar-refractivity contribution is 7.89. The Morgan fingerprint density at radius 2 is 1.72 bits per heavy atom. The van der Waals surface area contributed by atoms with Crippen molar-refractivity contribution < 1.29 is 13.2 Å². The van der Waals surface area contributed by atoms with Crippen LogP contribution in [-0.4, -0.2) is 54.3 Å². The number of nitrogens with zero attached hydrogens (tertiary/aromatic N) is 3. The van der Waals surface area contributed by atoms with E-state index in [-0.39, 0.29) is 28.8 Å². The number of benzene rings is 2. The van der Waals surface area contributed by atoms with Crippen molar-refractivity contribution in [3.05, 3.63) is 63.3 Å². The molecule has 0 bridgehead atoms. The van der Waals surface area contributed by atoms with Crippen molar-refractivity contribution in [1.29, 1.82) is 0 Å². The Morgan fingerprint density at radius 1 is 1.03 bits per heavy atom. The van der Waals surface area contributed by atoms with Crippen LogP contribution < -0.4 is 4.87 Å². The van der Waals surface area contributed by atoms with Crippen LogP contribution in [0.2, 0.25) is 0 Å². The fourth-order valence-electron chi connectivity index (χ4n) is 3.96. The van der Waals surface area contributed by atoms with E-state index in [1.807, 2.05) is 38.1 Å². The predicted octanol–water partition coefficient (Wildman–Crippen LogP) is 2.86. The second-order valence-electron chi connectivity index (χ2n) is 8.10. The summed E-state index contributed by atoms with van der Waals surface area (Å²) in [5, 5.41) is 0. The Hall–Kier alpha value is -2.49. The first kappa shape index (κ1) is 22.7. The molecule has 3 aromatic rings. The van der Waals surface area contributed by atoms with Gasteiger partial charge in [-0.05, 0) is 37.1 Å². The van der Waals surface area contributed by atoms with Crippen molar-refractivity contribution in [3.8, 4) is 0 Å². The van der Waals surface area contributed by atoms with Gasteiger partial charge in [0, 0.05) is 32.7 Å². The van der Waals surface area contributed by atoms with Crippen LogP contribution in [0.3, 0.4) is 0 Å². The summed E-state index contributed by atoms with van der Waals surface area (Å²) in [5.41, 5.74) is 2.87. The van der Waals surface area contributed by atoms with Crippen LogP contribution in [0.1, 0.15) is 24.5 Å². The lowest BCUT2D eigenvalue weighted by Crippen LogP contribution is -2.50. The van der Waals surface area contributed by atoms with Crippen LogP contribution in [0.25, 0.3) is 10.2 Å². The average Bonchev–Trinajstić information content (AvgIpc) is 3.10. The average molecular weight is 474 g/mol. The molecule has 1 aliphatic rings. The lowest BCUT2D eigenvalue weighted by atomic mass is 10.1. The van der Waals surface area contributed by atoms with Gasteiger partial charge in [-0.25, -0.2) is 8.42 Å². The topological polar surface area (TPSA) is 79.7 Å². The van der Waals surface area contributed by atoms with Crippen LogP contribution in [0.5, 0.6) is 0 Å². The van der Waals surface area contributed by atoms with Gasteiger partial charge in [-0.1, -0.05) is 48.1 Å². The molecule has 0 saturated carbocycles. The van der Waals surface area contributed by atoms with Crippen molar-refractivity contribution >= 4 is 37.5 Å². The molecule has 1 saturated heterocycles. The summed E-state index contributed by atoms with van der Waals surface area (Å²) in [7, 11) is -3.69. The third-order valence-corrected chi connectivity index (χ3v) is 8.63. The summed E-state index contributed by atoms with van der Waals surface area (Å²) < 4.78 is 30.2. The van der Waals surface area contributed by atoms with E-state index in [0.717, 1.165) is 34.4 Å². The molecular formula is C23H27N3O4S2. The van der Waals surface area contributed by atoms with Crippen LogP contribution in [-0.2, 0) is 27.8 Å². The lowest BCUT2D eigenvalue weighted by molar-refractivity contribution is -0.131. The second kappa shape index (κ2) is 9.17. The summed E-state index contributed by atoms with van der Waals surface area (Å²) in [5.74, 6) is 0.00867. The quantitative estimate of drug-likeness (QED) is 0.551. The largest absolute Gasteiger partial charge is 0.340 e. The van der Waals surface area contributed by atoms with Gasteiger partial charge in [0.1, 0.15) is 0 Å². The molecule has 32 heavy (non-hydrogen) atoms. The fourth-order valence-corrected chi connectivity index (χ4v) is 6.44. The number of fused-ring (bicyclic) bond motifs is 1. The fraction of sp³-hybridized carbons (Fsp3) is 0.391. The monoisotopic (exact) mass is 473 g/mol. The molecule has 9 heteroatoms. The highest BCUT2D eigenvalue weighted by Crippen LogP contribution is 2.25. The number of aryl methyl sites for hydroxylation is 2. The molecule has 170 valence electrons. The van der Waals surface area contributed by atoms with E-state index in [1.165, 1.54) is 4.31 Å². The number of carbonyl (C=O) groups excluding carboxylic acids is 1. The molecule has 0 radical (unpaired) electrons. The highest BCUT2D eigenvalue weighted by Gasteiger charge is 2.30. The van der Waals surface area contributed by atoms with Crippen molar-refractivity contribution in [2.75, 3.05) is 26.2 Å². The van der Waals surface area contributed by atoms with E-state index >= 15 is 0 Å². The highest BCUT2D eigenvalue weighted by atomic mass is 32.2. The maximum Gasteiger partial charge on any atom is 0.308 e. The zero-order chi connectivity index (χ0) is 22.9. The second-order valence-corrected chi connectivity index (χ2v) is 11.0. The van der Waals surface area contributed by atoms with Gasteiger partial charge in [-0.15, -0.1) is 0 Å². The lowest BCUT2D eigenvalue weighted by Gasteiger charge is -2.34. The number of piperazine rings is 1. The number of hydrogen-bond donors (Lipinski definition) is 0. The third-order valence-electron chi connectivity index (χ3n) is 5.79. The molecule has 0 unspecified atom stereocenters. The molecule has 0 aliphatic carbocycles. The Bertz CT molecular complexity index is 1290. The predicted molar refractivity (Wildman–Crippen MR) is 127 cm³/mol. The zero-order valence-corrected chi connectivity index (χ0v) is 19.9. The summed E-state index contributed by atoms with van der Waals surface area (Å²) >= 11 is 1.07. The molecule has 1 aromatic heterocycles. The van der Waals surface area contributed by atoms with Gasteiger partial charge in [-0.2, -0.15) is 4.31 Å². The molecule has 0 atom stereocenters. The number of hydrogen-bond acceptors (Lipinski definition) is 5. The van der Waals surface area contributed by atoms with E-state index in [2.05, 4.69) is 0 Å². The number of thiazole rings is 1. The van der Waals surface area contributed by atoms with Crippen molar-refractivity contribution in [1.82, 2.24) is 13.8 Å². The first-order chi connectivity index (χ1) is 15.3. The smallest absolute Gasteiger partial charge is 0.308 e. The van der Waals surface area contributed by atoms with Crippen LogP contribution >= 0.6 is 11.3 Å². The molecule has 0 spiro atoms. The van der Waals surface area contributed by atoms with Gasteiger partial charge >= 0.3 is 4.87 Å². The molecular weight excluding hydrogens is 446 g/mol. The molecule has 2 heterocycles. The number of amides is 1. The SMILES string of the molecule is CCCn1c(=O)sc2cc(S(=O)(=O)N3CCN(C(=O)Cc4ccc(C)cc4)CC3)ccc21. The minimum absolute atomic E-state index is 0.00867. The van der Waals surface area contributed by atoms with Crippen LogP contribution in [0, 0.1) is 6.92 Å². The number of rotatable bonds is 6. The van der Waals surface area contributed by atoms with Gasteiger partial charge in [0.05, 0.1) is 21.5 Å². The summed E-state index contributed by atoms with van der Waals surface area (Å²) in [4.78, 5) is 26.7. The minimum atomic E-state index is -3.69. The maximum absolute atomic E-state index is 13.2. The molecule has 2 aromatic carbocycles. The van der Waals surface area contributed by atoms with Crippen molar-refractivity contribution in [2.24, 2.45) is 0 Å². The zero-order valence-electron chi connectivity index (χ0n) is 18.3. The summed E-state index contributed by atoms with van der Waals surface area (Å²) in [6, 6.07) is 12.8. The van der Waals surface area contributed by atoms with Crippen molar-refractivity contribution in [3.63, 3.8) is 0 Å². The standard InChI is InChI=1S/C23H27N3O4S2/c1-3-10-26-20-9-8-19(16-21(20)31-23(26)28)32(29,30)25-13-11-24(12-14-25)22(27)15-18-6-4-17(2)5-7-18/h4-9,16H,3,10-15H2,1-2H3. The summed E-state index contributed by atoms with van der Waals surface area (Å²) in [6.45, 7) is 5.87. The molecule has 0 N–H and O–H groups in total. The number of aromatic nitrogens is 1. The Balaban J connectivity index is 1.45. The number of carbonyl (C=O) groups is 1. The van der Waals surface area contributed by atoms with E-state index < -0.39 is 10.0 Å². The minimum Gasteiger partial charge on any atom is -0.340 e. The van der Waals surface area contributed by atoms with E-state index in [9.17, 15) is 18.0 Å². The molecule has 7 nitrogen and oxygen atoms in total. The van der Waals surface area contributed by atoms with Gasteiger partial charge in [0.2, 0.25) is 15.9 Å². The van der Waals surface area contributed by atoms with Gasteiger partial charge in [0.25, 0.3) is 0 Å². The van der Waals surface area contributed by atoms with Gasteiger partial charge in [-0.3, -0.25) is 14.2 Å². The number of sulfonamides is 1. The Labute approximate surface area is 191 Å². The van der Waals surface area contributed by atoms with Crippen molar-refractivity contribution in [2.45, 2.75) is 38.1 Å². The molecule has 4 rings (SSSR count). The van der Waals surface area contributed by atoms with Crippen LogP contribution in [0.15, 0.2) is 52.2 Å². The Kier molecular flexibility index (Phi) is 6.50. The third kappa shape index (κ3) is 4.51. The normalized spacial score (nSPS) is 15.4. The van der Waals surface area contributed by atoms with Crippen LogP contribution in [0.4, 0.5) is 0 Å². The van der Waals surface area contributed by atoms with E-state index in [1.54, 1.807) is 27.7 Å². The van der Waals surface area contributed by atoms with Gasteiger partial charge in [0.15, 0.2) is 0 Å². The van der Waals surface area contributed by atoms with Gasteiger partial charge < -0.3 is 4.90 Å². The molecule has 1 fully saturated rings. The van der Waals surface area contributed by atoms with E-state index in [4.69, 9.17) is 0 Å². The van der Waals surface area contributed by atoms with E-state index in [0.29, 0.717) is 30.8 Å². The molecule has 1 aliphatic heterocycles. The maximum atomic E-state index is 13.2. The first-order valence-corrected chi connectivity index (χ1v) is 13.0. The first-order valence-electron chi connectivity index (χ1n) is 10.8. The molecule has 1 amide bonds. The summed E-state index contributed by atoms with van der Waals surface area (Å²) in [6.07, 6.45) is 1.15.